The summed E-state index contributed by atoms with van der Waals surface area (Å²) in [6.45, 7) is 0. The van der Waals surface area contributed by atoms with Gasteiger partial charge in [0.25, 0.3) is 0 Å². The van der Waals surface area contributed by atoms with Gasteiger partial charge in [0.1, 0.15) is 17.7 Å². The van der Waals surface area contributed by atoms with Gasteiger partial charge in [-0.05, 0) is 28.0 Å². The van der Waals surface area contributed by atoms with Gasteiger partial charge in [-0.15, -0.1) is 0 Å². The van der Waals surface area contributed by atoms with Crippen molar-refractivity contribution in [1.82, 2.24) is 5.32 Å². The summed E-state index contributed by atoms with van der Waals surface area (Å²) in [5, 5.41) is 13.8. The highest BCUT2D eigenvalue weighted by Crippen LogP contribution is 2.17. The van der Waals surface area contributed by atoms with Gasteiger partial charge >= 0.3 is 5.97 Å². The number of aliphatic carboxylic acids is 1. The van der Waals surface area contributed by atoms with Crippen molar-refractivity contribution in [3.63, 3.8) is 0 Å². The predicted octanol–water partition coefficient (Wildman–Crippen LogP) is 3.47. The molecule has 3 aromatic rings. The average molecular weight is 369 g/mol. The van der Waals surface area contributed by atoms with E-state index < -0.39 is 29.6 Å². The molecule has 0 radical (unpaired) electrons. The Balaban J connectivity index is 1.71. The molecule has 0 aromatic heterocycles. The normalized spacial score (nSPS) is 11.9. The molecule has 1 atom stereocenters. The number of hydrogen-bond acceptors (Lipinski definition) is 2. The summed E-state index contributed by atoms with van der Waals surface area (Å²) in [7, 11) is 0. The quantitative estimate of drug-likeness (QED) is 0.699. The molecule has 0 unspecified atom stereocenters. The van der Waals surface area contributed by atoms with Gasteiger partial charge in [0, 0.05) is 12.5 Å². The van der Waals surface area contributed by atoms with E-state index in [2.05, 4.69) is 5.32 Å². The number of amides is 1. The standard InChI is InChI=1S/C21H17F2NO3/c22-17-8-7-16(18(23)12-17)11-20(25)24-19(21(26)27)10-13-5-6-14-3-1-2-4-15(14)9-13/h1-9,12,19H,10-11H2,(H,24,25)(H,26,27)/t19-/m0/s1. The summed E-state index contributed by atoms with van der Waals surface area (Å²) < 4.78 is 26.6. The summed E-state index contributed by atoms with van der Waals surface area (Å²) >= 11 is 0. The number of benzene rings is 3. The molecule has 3 aromatic carbocycles. The molecule has 0 aliphatic heterocycles. The van der Waals surface area contributed by atoms with E-state index in [1.165, 1.54) is 6.07 Å². The number of rotatable bonds is 6. The van der Waals surface area contributed by atoms with Crippen LogP contribution < -0.4 is 5.32 Å². The van der Waals surface area contributed by atoms with Gasteiger partial charge in [0.05, 0.1) is 6.42 Å². The van der Waals surface area contributed by atoms with Gasteiger partial charge in [-0.1, -0.05) is 48.5 Å². The van der Waals surface area contributed by atoms with Crippen LogP contribution in [0.4, 0.5) is 8.78 Å². The Labute approximate surface area is 154 Å². The minimum Gasteiger partial charge on any atom is -0.480 e. The molecule has 0 saturated heterocycles. The molecule has 4 nitrogen and oxygen atoms in total. The first-order chi connectivity index (χ1) is 12.9. The van der Waals surface area contributed by atoms with Crippen molar-refractivity contribution >= 4 is 22.6 Å². The fourth-order valence-corrected chi connectivity index (χ4v) is 2.88. The lowest BCUT2D eigenvalue weighted by Crippen LogP contribution is -2.43. The van der Waals surface area contributed by atoms with E-state index in [0.29, 0.717) is 6.07 Å². The Morgan fingerprint density at radius 3 is 2.41 bits per heavy atom. The molecule has 1 amide bonds. The number of carboxylic acids is 1. The lowest BCUT2D eigenvalue weighted by Gasteiger charge is -2.15. The highest BCUT2D eigenvalue weighted by Gasteiger charge is 2.21. The third-order valence-corrected chi connectivity index (χ3v) is 4.25. The van der Waals surface area contributed by atoms with Gasteiger partial charge in [0.15, 0.2) is 0 Å². The average Bonchev–Trinajstić information content (AvgIpc) is 2.63. The Kier molecular flexibility index (Phi) is 5.45. The molecular weight excluding hydrogens is 352 g/mol. The molecular formula is C21H17F2NO3. The van der Waals surface area contributed by atoms with Crippen molar-refractivity contribution in [2.45, 2.75) is 18.9 Å². The van der Waals surface area contributed by atoms with Gasteiger partial charge in [-0.2, -0.15) is 0 Å². The molecule has 27 heavy (non-hydrogen) atoms. The van der Waals surface area contributed by atoms with E-state index in [4.69, 9.17) is 0 Å². The van der Waals surface area contributed by atoms with Crippen LogP contribution in [0.3, 0.4) is 0 Å². The largest absolute Gasteiger partial charge is 0.480 e. The van der Waals surface area contributed by atoms with E-state index in [0.717, 1.165) is 22.4 Å². The zero-order valence-corrected chi connectivity index (χ0v) is 14.3. The molecule has 3 rings (SSSR count). The summed E-state index contributed by atoms with van der Waals surface area (Å²) in [5.41, 5.74) is 0.762. The van der Waals surface area contributed by atoms with E-state index in [-0.39, 0.29) is 18.4 Å². The van der Waals surface area contributed by atoms with Crippen LogP contribution in [0.15, 0.2) is 60.7 Å². The number of fused-ring (bicyclic) bond motifs is 1. The zero-order chi connectivity index (χ0) is 19.4. The lowest BCUT2D eigenvalue weighted by atomic mass is 10.0. The maximum absolute atomic E-state index is 13.7. The second-order valence-electron chi connectivity index (χ2n) is 6.26. The molecule has 0 bridgehead atoms. The van der Waals surface area contributed by atoms with Crippen LogP contribution in [0.25, 0.3) is 10.8 Å². The third-order valence-electron chi connectivity index (χ3n) is 4.25. The Hall–Kier alpha value is -3.28. The second-order valence-corrected chi connectivity index (χ2v) is 6.26. The maximum Gasteiger partial charge on any atom is 0.326 e. The first-order valence-corrected chi connectivity index (χ1v) is 8.36. The third kappa shape index (κ3) is 4.67. The van der Waals surface area contributed by atoms with Gasteiger partial charge in [-0.3, -0.25) is 4.79 Å². The van der Waals surface area contributed by atoms with Crippen molar-refractivity contribution < 1.29 is 23.5 Å². The van der Waals surface area contributed by atoms with Gasteiger partial charge < -0.3 is 10.4 Å². The molecule has 0 heterocycles. The van der Waals surface area contributed by atoms with E-state index in [1.54, 1.807) is 0 Å². The fraction of sp³-hybridized carbons (Fsp3) is 0.143. The van der Waals surface area contributed by atoms with E-state index in [9.17, 15) is 23.5 Å². The number of carbonyl (C=O) groups excluding carboxylic acids is 1. The number of halogens is 2. The maximum atomic E-state index is 13.7. The summed E-state index contributed by atoms with van der Waals surface area (Å²) in [5.74, 6) is -3.41. The predicted molar refractivity (Wildman–Crippen MR) is 97.3 cm³/mol. The van der Waals surface area contributed by atoms with Crippen LogP contribution >= 0.6 is 0 Å². The fourth-order valence-electron chi connectivity index (χ4n) is 2.88. The molecule has 138 valence electrons. The van der Waals surface area contributed by atoms with Crippen LogP contribution in [-0.4, -0.2) is 23.0 Å². The smallest absolute Gasteiger partial charge is 0.326 e. The Morgan fingerprint density at radius 1 is 0.963 bits per heavy atom. The van der Waals surface area contributed by atoms with Crippen molar-refractivity contribution in [1.29, 1.82) is 0 Å². The Morgan fingerprint density at radius 2 is 1.70 bits per heavy atom. The molecule has 2 N–H and O–H groups in total. The highest BCUT2D eigenvalue weighted by molar-refractivity contribution is 5.86. The zero-order valence-electron chi connectivity index (χ0n) is 14.3. The summed E-state index contributed by atoms with van der Waals surface area (Å²) in [6.07, 6.45) is -0.272. The van der Waals surface area contributed by atoms with Crippen LogP contribution in [0.1, 0.15) is 11.1 Å². The highest BCUT2D eigenvalue weighted by atomic mass is 19.1. The Bertz CT molecular complexity index is 1000. The van der Waals surface area contributed by atoms with Gasteiger partial charge in [-0.25, -0.2) is 13.6 Å². The van der Waals surface area contributed by atoms with Crippen molar-refractivity contribution in [3.8, 4) is 0 Å². The van der Waals surface area contributed by atoms with Crippen molar-refractivity contribution in [3.05, 3.63) is 83.4 Å². The number of hydrogen-bond donors (Lipinski definition) is 2. The topological polar surface area (TPSA) is 66.4 Å². The van der Waals surface area contributed by atoms with Crippen LogP contribution in [-0.2, 0) is 22.4 Å². The second kappa shape index (κ2) is 7.95. The number of nitrogens with one attached hydrogen (secondary N) is 1. The first-order valence-electron chi connectivity index (χ1n) is 8.36. The molecule has 0 aliphatic carbocycles. The lowest BCUT2D eigenvalue weighted by molar-refractivity contribution is -0.141. The van der Waals surface area contributed by atoms with Crippen molar-refractivity contribution in [2.24, 2.45) is 0 Å². The van der Waals surface area contributed by atoms with E-state index >= 15 is 0 Å². The van der Waals surface area contributed by atoms with Crippen LogP contribution in [0, 0.1) is 11.6 Å². The number of carbonyl (C=O) groups is 2. The molecule has 6 heteroatoms. The molecule has 0 fully saturated rings. The minimum absolute atomic E-state index is 0.00347. The minimum atomic E-state index is -1.18. The molecule has 0 aliphatic rings. The molecule has 0 spiro atoms. The summed E-state index contributed by atoms with van der Waals surface area (Å²) in [4.78, 5) is 23.7. The first kappa shape index (κ1) is 18.5. The molecule has 0 saturated carbocycles. The van der Waals surface area contributed by atoms with Gasteiger partial charge in [0.2, 0.25) is 5.91 Å². The van der Waals surface area contributed by atoms with Crippen molar-refractivity contribution in [2.75, 3.05) is 0 Å². The van der Waals surface area contributed by atoms with Crippen LogP contribution in [0.2, 0.25) is 0 Å². The van der Waals surface area contributed by atoms with E-state index in [1.807, 2.05) is 42.5 Å². The summed E-state index contributed by atoms with van der Waals surface area (Å²) in [6, 6.07) is 15.0. The number of carboxylic acid groups (broad SMARTS) is 1. The SMILES string of the molecule is O=C(Cc1ccc(F)cc1F)N[C@@H](Cc1ccc2ccccc2c1)C(=O)O. The monoisotopic (exact) mass is 369 g/mol. The van der Waals surface area contributed by atoms with Crippen LogP contribution in [0.5, 0.6) is 0 Å².